The fourth-order valence-electron chi connectivity index (χ4n) is 4.05. The SMILES string of the molecule is Cc1c(C(=O)NCC(C)C)nn(-c2cccc(F)c2)c1Oc1ccc([N+](=O)[O-])cc1S(=O)(=O)N1CCCC1. The number of benzene rings is 2. The molecule has 0 saturated carbocycles. The molecule has 0 bridgehead atoms. The maximum atomic E-state index is 14.1. The number of rotatable bonds is 9. The van der Waals surface area contributed by atoms with Crippen LogP contribution in [0.3, 0.4) is 0 Å². The lowest BCUT2D eigenvalue weighted by molar-refractivity contribution is -0.385. The van der Waals surface area contributed by atoms with E-state index in [0.29, 0.717) is 19.4 Å². The number of carbonyl (C=O) groups is 1. The van der Waals surface area contributed by atoms with Gasteiger partial charge in [0.2, 0.25) is 15.9 Å². The molecule has 3 aromatic rings. The van der Waals surface area contributed by atoms with E-state index in [-0.39, 0.29) is 52.5 Å². The van der Waals surface area contributed by atoms with Crippen molar-refractivity contribution in [3.8, 4) is 17.3 Å². The van der Waals surface area contributed by atoms with Crippen molar-refractivity contribution in [1.29, 1.82) is 0 Å². The third kappa shape index (κ3) is 5.53. The summed E-state index contributed by atoms with van der Waals surface area (Å²) >= 11 is 0. The Balaban J connectivity index is 1.85. The standard InChI is InChI=1S/C25H28FN5O6S/c1-16(2)15-27-24(32)23-17(3)25(30(28-23)19-8-6-7-18(26)13-19)37-21-10-9-20(31(33)34)14-22(21)38(35,36)29-11-4-5-12-29/h6-10,13-14,16H,4-5,11-12,15H2,1-3H3,(H,27,32). The second kappa shape index (κ2) is 10.9. The summed E-state index contributed by atoms with van der Waals surface area (Å²) in [6, 6.07) is 8.72. The number of non-ortho nitro benzene ring substituents is 1. The number of hydrogen-bond donors (Lipinski definition) is 1. The van der Waals surface area contributed by atoms with E-state index in [1.807, 2.05) is 13.8 Å². The monoisotopic (exact) mass is 545 g/mol. The average molecular weight is 546 g/mol. The molecule has 4 rings (SSSR count). The summed E-state index contributed by atoms with van der Waals surface area (Å²) in [5.74, 6) is -1.07. The number of nitrogens with one attached hydrogen (secondary N) is 1. The van der Waals surface area contributed by atoms with Crippen LogP contribution >= 0.6 is 0 Å². The molecule has 2 heterocycles. The van der Waals surface area contributed by atoms with E-state index >= 15 is 0 Å². The molecule has 0 radical (unpaired) electrons. The summed E-state index contributed by atoms with van der Waals surface area (Å²) < 4.78 is 49.5. The highest BCUT2D eigenvalue weighted by Crippen LogP contribution is 2.37. The molecule has 1 aromatic heterocycles. The van der Waals surface area contributed by atoms with Gasteiger partial charge in [-0.3, -0.25) is 14.9 Å². The van der Waals surface area contributed by atoms with Crippen molar-refractivity contribution in [2.45, 2.75) is 38.5 Å². The molecular formula is C25H28FN5O6S. The average Bonchev–Trinajstić information content (AvgIpc) is 3.52. The van der Waals surface area contributed by atoms with E-state index in [1.165, 1.54) is 33.3 Å². The molecule has 13 heteroatoms. The molecule has 1 aliphatic heterocycles. The van der Waals surface area contributed by atoms with Gasteiger partial charge >= 0.3 is 0 Å². The molecule has 1 aliphatic rings. The maximum Gasteiger partial charge on any atom is 0.272 e. The van der Waals surface area contributed by atoms with E-state index in [1.54, 1.807) is 13.0 Å². The Morgan fingerprint density at radius 3 is 2.55 bits per heavy atom. The molecular weight excluding hydrogens is 517 g/mol. The Morgan fingerprint density at radius 1 is 1.21 bits per heavy atom. The number of nitro groups is 1. The Hall–Kier alpha value is -3.84. The van der Waals surface area contributed by atoms with Gasteiger partial charge in [-0.05, 0) is 49.9 Å². The number of nitrogens with zero attached hydrogens (tertiary/aromatic N) is 4. The zero-order valence-electron chi connectivity index (χ0n) is 21.2. The molecule has 0 aliphatic carbocycles. The van der Waals surface area contributed by atoms with Crippen LogP contribution < -0.4 is 10.1 Å². The molecule has 38 heavy (non-hydrogen) atoms. The minimum Gasteiger partial charge on any atom is -0.437 e. The summed E-state index contributed by atoms with van der Waals surface area (Å²) in [7, 11) is -4.14. The van der Waals surface area contributed by atoms with Crippen molar-refractivity contribution in [3.63, 3.8) is 0 Å². The summed E-state index contributed by atoms with van der Waals surface area (Å²) in [6.45, 7) is 6.40. The van der Waals surface area contributed by atoms with Crippen molar-refractivity contribution in [2.75, 3.05) is 19.6 Å². The van der Waals surface area contributed by atoms with Crippen molar-refractivity contribution in [3.05, 3.63) is 69.7 Å². The van der Waals surface area contributed by atoms with Crippen LogP contribution in [0.2, 0.25) is 0 Å². The Kier molecular flexibility index (Phi) is 7.78. The second-order valence-electron chi connectivity index (χ2n) is 9.38. The summed E-state index contributed by atoms with van der Waals surface area (Å²) in [5.41, 5.74) is 0.102. The number of aromatic nitrogens is 2. The predicted molar refractivity (Wildman–Crippen MR) is 137 cm³/mol. The zero-order valence-corrected chi connectivity index (χ0v) is 22.0. The topological polar surface area (TPSA) is 137 Å². The predicted octanol–water partition coefficient (Wildman–Crippen LogP) is 4.19. The maximum absolute atomic E-state index is 14.1. The highest BCUT2D eigenvalue weighted by atomic mass is 32.2. The highest BCUT2D eigenvalue weighted by Gasteiger charge is 2.33. The third-order valence-corrected chi connectivity index (χ3v) is 7.95. The van der Waals surface area contributed by atoms with Crippen LogP contribution in [0.15, 0.2) is 47.4 Å². The summed E-state index contributed by atoms with van der Waals surface area (Å²) in [6.07, 6.45) is 1.34. The number of halogens is 1. The summed E-state index contributed by atoms with van der Waals surface area (Å²) in [4.78, 5) is 23.3. The van der Waals surface area contributed by atoms with Gasteiger partial charge in [0.05, 0.1) is 10.6 Å². The number of hydrogen-bond acceptors (Lipinski definition) is 7. The van der Waals surface area contributed by atoms with Gasteiger partial charge in [-0.25, -0.2) is 12.8 Å². The van der Waals surface area contributed by atoms with Crippen LogP contribution in [0.4, 0.5) is 10.1 Å². The van der Waals surface area contributed by atoms with Crippen LogP contribution in [0, 0.1) is 28.8 Å². The molecule has 1 saturated heterocycles. The quantitative estimate of drug-likeness (QED) is 0.314. The van der Waals surface area contributed by atoms with E-state index in [9.17, 15) is 27.7 Å². The lowest BCUT2D eigenvalue weighted by Gasteiger charge is -2.18. The van der Waals surface area contributed by atoms with E-state index < -0.39 is 32.4 Å². The first kappa shape index (κ1) is 27.2. The Morgan fingerprint density at radius 2 is 1.92 bits per heavy atom. The zero-order chi connectivity index (χ0) is 27.6. The van der Waals surface area contributed by atoms with E-state index in [0.717, 1.165) is 12.1 Å². The molecule has 11 nitrogen and oxygen atoms in total. The van der Waals surface area contributed by atoms with Crippen LogP contribution in [0.1, 0.15) is 42.7 Å². The van der Waals surface area contributed by atoms with Crippen molar-refractivity contribution in [1.82, 2.24) is 19.4 Å². The van der Waals surface area contributed by atoms with Crippen molar-refractivity contribution >= 4 is 21.6 Å². The fourth-order valence-corrected chi connectivity index (χ4v) is 5.70. The van der Waals surface area contributed by atoms with Gasteiger partial charge in [-0.1, -0.05) is 19.9 Å². The number of amides is 1. The lowest BCUT2D eigenvalue weighted by Crippen LogP contribution is -2.28. The summed E-state index contributed by atoms with van der Waals surface area (Å²) in [5, 5.41) is 18.6. The lowest BCUT2D eigenvalue weighted by atomic mass is 10.2. The Labute approximate surface area is 219 Å². The van der Waals surface area contributed by atoms with Crippen molar-refractivity contribution < 1.29 is 27.3 Å². The fraction of sp³-hybridized carbons (Fsp3) is 0.360. The van der Waals surface area contributed by atoms with Crippen LogP contribution in [0.25, 0.3) is 5.69 Å². The number of carbonyl (C=O) groups excluding carboxylic acids is 1. The normalized spacial score (nSPS) is 14.1. The first-order valence-electron chi connectivity index (χ1n) is 12.1. The minimum absolute atomic E-state index is 0.00997. The largest absolute Gasteiger partial charge is 0.437 e. The smallest absolute Gasteiger partial charge is 0.272 e. The van der Waals surface area contributed by atoms with E-state index in [2.05, 4.69) is 10.4 Å². The molecule has 1 fully saturated rings. The van der Waals surface area contributed by atoms with Gasteiger partial charge in [0.25, 0.3) is 11.6 Å². The van der Waals surface area contributed by atoms with Gasteiger partial charge in [-0.2, -0.15) is 14.1 Å². The van der Waals surface area contributed by atoms with Crippen LogP contribution in [0.5, 0.6) is 11.6 Å². The molecule has 1 amide bonds. The number of sulfonamides is 1. The van der Waals surface area contributed by atoms with Gasteiger partial charge in [0.1, 0.15) is 16.5 Å². The van der Waals surface area contributed by atoms with Gasteiger partial charge in [0.15, 0.2) is 5.69 Å². The Bertz CT molecular complexity index is 1480. The molecule has 0 atom stereocenters. The van der Waals surface area contributed by atoms with Crippen LogP contribution in [-0.4, -0.2) is 53.0 Å². The molecule has 2 aromatic carbocycles. The van der Waals surface area contributed by atoms with Gasteiger partial charge in [-0.15, -0.1) is 0 Å². The highest BCUT2D eigenvalue weighted by molar-refractivity contribution is 7.89. The first-order chi connectivity index (χ1) is 18.0. The van der Waals surface area contributed by atoms with Crippen LogP contribution in [-0.2, 0) is 10.0 Å². The molecule has 202 valence electrons. The number of ether oxygens (including phenoxy) is 1. The van der Waals surface area contributed by atoms with Gasteiger partial charge in [0, 0.05) is 37.3 Å². The minimum atomic E-state index is -4.14. The molecule has 0 spiro atoms. The third-order valence-electron chi connectivity index (χ3n) is 6.03. The second-order valence-corrected chi connectivity index (χ2v) is 11.3. The number of nitro benzene ring substituents is 1. The first-order valence-corrected chi connectivity index (χ1v) is 13.5. The van der Waals surface area contributed by atoms with E-state index in [4.69, 9.17) is 4.74 Å². The molecule has 0 unspecified atom stereocenters. The molecule has 1 N–H and O–H groups in total. The van der Waals surface area contributed by atoms with Crippen molar-refractivity contribution in [2.24, 2.45) is 5.92 Å². The van der Waals surface area contributed by atoms with Gasteiger partial charge < -0.3 is 10.1 Å².